The van der Waals surface area contributed by atoms with Gasteiger partial charge in [0.2, 0.25) is 0 Å². The van der Waals surface area contributed by atoms with E-state index >= 15 is 0 Å². The topological polar surface area (TPSA) is 55.2 Å². The van der Waals surface area contributed by atoms with E-state index in [0.717, 1.165) is 12.1 Å². The molecule has 2 aromatic rings. The van der Waals surface area contributed by atoms with Crippen LogP contribution in [0.15, 0.2) is 36.4 Å². The minimum Gasteiger partial charge on any atom is -0.353 e. The number of rotatable bonds is 3. The summed E-state index contributed by atoms with van der Waals surface area (Å²) in [4.78, 5) is 10.2. The summed E-state index contributed by atoms with van der Waals surface area (Å²) >= 11 is 1.82. The number of nitro benzene ring substituents is 1. The molecule has 0 fully saturated rings. The molecule has 0 radical (unpaired) electrons. The van der Waals surface area contributed by atoms with Crippen molar-refractivity contribution in [3.8, 4) is 0 Å². The highest BCUT2D eigenvalue weighted by Crippen LogP contribution is 2.27. The summed E-state index contributed by atoms with van der Waals surface area (Å²) < 4.78 is 26.6. The van der Waals surface area contributed by atoms with Crippen molar-refractivity contribution in [2.75, 3.05) is 5.32 Å². The van der Waals surface area contributed by atoms with Crippen LogP contribution in [0.1, 0.15) is 0 Å². The Labute approximate surface area is 120 Å². The molecule has 0 heterocycles. The zero-order valence-corrected chi connectivity index (χ0v) is 11.5. The van der Waals surface area contributed by atoms with Gasteiger partial charge >= 0.3 is 0 Å². The summed E-state index contributed by atoms with van der Waals surface area (Å²) in [5, 5.41) is 13.4. The van der Waals surface area contributed by atoms with Gasteiger partial charge in [-0.05, 0) is 46.9 Å². The minimum absolute atomic E-state index is 0.0225. The first-order valence-corrected chi connectivity index (χ1v) is 6.21. The average Bonchev–Trinajstić information content (AvgIpc) is 2.32. The fourth-order valence-corrected chi connectivity index (χ4v) is 2.19. The zero-order chi connectivity index (χ0) is 14.0. The molecule has 1 N–H and O–H groups in total. The number of anilines is 2. The highest BCUT2D eigenvalue weighted by Gasteiger charge is 2.12. The molecule has 0 spiro atoms. The lowest BCUT2D eigenvalue weighted by Gasteiger charge is -2.08. The molecule has 0 bridgehead atoms. The number of nitrogens with zero attached hydrogens (tertiary/aromatic N) is 1. The normalized spacial score (nSPS) is 10.3. The Bertz CT molecular complexity index is 650. The second-order valence-corrected chi connectivity index (χ2v) is 4.83. The van der Waals surface area contributed by atoms with Crippen molar-refractivity contribution in [2.24, 2.45) is 0 Å². The molecule has 98 valence electrons. The molecule has 7 heteroatoms. The molecule has 19 heavy (non-hydrogen) atoms. The fourth-order valence-electron chi connectivity index (χ4n) is 1.48. The standard InChI is InChI=1S/C12H7F2IN2O2/c13-7-1-3-11(9(14)5-7)16-8-2-4-12(17(18)19)10(15)6-8/h1-6,16H. The first-order chi connectivity index (χ1) is 8.97. The van der Waals surface area contributed by atoms with E-state index in [1.807, 2.05) is 22.6 Å². The van der Waals surface area contributed by atoms with Crippen LogP contribution in [-0.2, 0) is 0 Å². The molecule has 0 amide bonds. The summed E-state index contributed by atoms with van der Waals surface area (Å²) in [6, 6.07) is 7.45. The van der Waals surface area contributed by atoms with Gasteiger partial charge in [-0.2, -0.15) is 0 Å². The molecule has 2 aromatic carbocycles. The molecule has 0 saturated heterocycles. The highest BCUT2D eigenvalue weighted by atomic mass is 127. The van der Waals surface area contributed by atoms with Crippen LogP contribution in [0.2, 0.25) is 0 Å². The predicted molar refractivity (Wildman–Crippen MR) is 75.5 cm³/mol. The van der Waals surface area contributed by atoms with Crippen LogP contribution in [0, 0.1) is 25.3 Å². The number of halogens is 3. The van der Waals surface area contributed by atoms with Crippen molar-refractivity contribution >= 4 is 39.7 Å². The smallest absolute Gasteiger partial charge is 0.282 e. The van der Waals surface area contributed by atoms with E-state index in [9.17, 15) is 18.9 Å². The van der Waals surface area contributed by atoms with Crippen molar-refractivity contribution in [3.63, 3.8) is 0 Å². The number of nitro groups is 1. The van der Waals surface area contributed by atoms with Gasteiger partial charge in [0.25, 0.3) is 5.69 Å². The molecular weight excluding hydrogens is 369 g/mol. The lowest BCUT2D eigenvalue weighted by Crippen LogP contribution is -1.97. The van der Waals surface area contributed by atoms with E-state index in [4.69, 9.17) is 0 Å². The molecule has 0 saturated carbocycles. The van der Waals surface area contributed by atoms with Crippen LogP contribution in [0.4, 0.5) is 25.8 Å². The third kappa shape index (κ3) is 3.16. The molecular formula is C12H7F2IN2O2. The third-order valence-electron chi connectivity index (χ3n) is 2.35. The summed E-state index contributed by atoms with van der Waals surface area (Å²) in [6.45, 7) is 0. The van der Waals surface area contributed by atoms with Gasteiger partial charge in [0.1, 0.15) is 11.6 Å². The minimum atomic E-state index is -0.728. The third-order valence-corrected chi connectivity index (χ3v) is 3.22. The van der Waals surface area contributed by atoms with Gasteiger partial charge in [-0.25, -0.2) is 8.78 Å². The van der Waals surface area contributed by atoms with E-state index < -0.39 is 16.6 Å². The van der Waals surface area contributed by atoms with Crippen molar-refractivity contribution in [1.29, 1.82) is 0 Å². The van der Waals surface area contributed by atoms with Gasteiger partial charge < -0.3 is 5.32 Å². The van der Waals surface area contributed by atoms with Crippen molar-refractivity contribution in [2.45, 2.75) is 0 Å². The zero-order valence-electron chi connectivity index (χ0n) is 9.36. The summed E-state index contributed by atoms with van der Waals surface area (Å²) in [5.41, 5.74) is 0.567. The lowest BCUT2D eigenvalue weighted by molar-refractivity contribution is -0.385. The molecule has 0 atom stereocenters. The molecule has 0 aliphatic rings. The maximum absolute atomic E-state index is 13.4. The van der Waals surface area contributed by atoms with Crippen LogP contribution >= 0.6 is 22.6 Å². The Balaban J connectivity index is 2.29. The second kappa shape index (κ2) is 5.47. The molecule has 0 aromatic heterocycles. The molecule has 4 nitrogen and oxygen atoms in total. The maximum Gasteiger partial charge on any atom is 0.282 e. The lowest BCUT2D eigenvalue weighted by atomic mass is 10.2. The Hall–Kier alpha value is -1.77. The number of hydrogen-bond acceptors (Lipinski definition) is 3. The van der Waals surface area contributed by atoms with Crippen molar-refractivity contribution in [3.05, 3.63) is 61.7 Å². The molecule has 0 aliphatic carbocycles. The SMILES string of the molecule is O=[N+]([O-])c1ccc(Nc2ccc(F)cc2F)cc1I. The number of nitrogens with one attached hydrogen (secondary N) is 1. The van der Waals surface area contributed by atoms with Crippen LogP contribution in [0.25, 0.3) is 0 Å². The first-order valence-electron chi connectivity index (χ1n) is 5.13. The quantitative estimate of drug-likeness (QED) is 0.496. The van der Waals surface area contributed by atoms with Gasteiger partial charge in [0, 0.05) is 17.8 Å². The second-order valence-electron chi connectivity index (χ2n) is 3.67. The monoisotopic (exact) mass is 376 g/mol. The van der Waals surface area contributed by atoms with Crippen LogP contribution in [0.3, 0.4) is 0 Å². The van der Waals surface area contributed by atoms with Gasteiger partial charge in [0.05, 0.1) is 14.2 Å². The maximum atomic E-state index is 13.4. The fraction of sp³-hybridized carbons (Fsp3) is 0. The first kappa shape index (κ1) is 13.7. The largest absolute Gasteiger partial charge is 0.353 e. The van der Waals surface area contributed by atoms with E-state index in [1.54, 1.807) is 0 Å². The van der Waals surface area contributed by atoms with E-state index in [1.165, 1.54) is 24.3 Å². The molecule has 0 aliphatic heterocycles. The highest BCUT2D eigenvalue weighted by molar-refractivity contribution is 14.1. The van der Waals surface area contributed by atoms with Gasteiger partial charge in [0.15, 0.2) is 0 Å². The van der Waals surface area contributed by atoms with Gasteiger partial charge in [-0.15, -0.1) is 0 Å². The summed E-state index contributed by atoms with van der Waals surface area (Å²) in [6.07, 6.45) is 0. The Kier molecular flexibility index (Phi) is 3.93. The summed E-state index contributed by atoms with van der Waals surface area (Å²) in [5.74, 6) is -1.39. The number of hydrogen-bond donors (Lipinski definition) is 1. The van der Waals surface area contributed by atoms with E-state index in [0.29, 0.717) is 9.26 Å². The molecule has 0 unspecified atom stereocenters. The van der Waals surface area contributed by atoms with Gasteiger partial charge in [-0.3, -0.25) is 10.1 Å². The average molecular weight is 376 g/mol. The Morgan fingerprint density at radius 1 is 1.16 bits per heavy atom. The van der Waals surface area contributed by atoms with Crippen molar-refractivity contribution < 1.29 is 13.7 Å². The van der Waals surface area contributed by atoms with Crippen LogP contribution in [0.5, 0.6) is 0 Å². The Morgan fingerprint density at radius 2 is 1.89 bits per heavy atom. The van der Waals surface area contributed by atoms with Crippen LogP contribution < -0.4 is 5.32 Å². The van der Waals surface area contributed by atoms with E-state index in [-0.39, 0.29) is 11.4 Å². The summed E-state index contributed by atoms with van der Waals surface area (Å²) in [7, 11) is 0. The number of benzene rings is 2. The van der Waals surface area contributed by atoms with Gasteiger partial charge in [-0.1, -0.05) is 0 Å². The Morgan fingerprint density at radius 3 is 2.47 bits per heavy atom. The van der Waals surface area contributed by atoms with Crippen LogP contribution in [-0.4, -0.2) is 4.92 Å². The van der Waals surface area contributed by atoms with Crippen molar-refractivity contribution in [1.82, 2.24) is 0 Å². The molecule has 2 rings (SSSR count). The predicted octanol–water partition coefficient (Wildman–Crippen LogP) is 4.22. The van der Waals surface area contributed by atoms with E-state index in [2.05, 4.69) is 5.32 Å².